The Morgan fingerprint density at radius 1 is 1.53 bits per heavy atom. The first kappa shape index (κ1) is 13.8. The van der Waals surface area contributed by atoms with Crippen molar-refractivity contribution in [3.05, 3.63) is 46.8 Å². The number of nitrogens with zero attached hydrogens (tertiary/aromatic N) is 2. The highest BCUT2D eigenvalue weighted by Gasteiger charge is 2.09. The minimum atomic E-state index is -0.370. The first-order valence-electron chi connectivity index (χ1n) is 5.83. The van der Waals surface area contributed by atoms with E-state index < -0.39 is 0 Å². The van der Waals surface area contributed by atoms with Gasteiger partial charge in [0.15, 0.2) is 0 Å². The average Bonchev–Trinajstić information content (AvgIpc) is 2.67. The minimum Gasteiger partial charge on any atom is -0.486 e. The molecule has 0 aliphatic heterocycles. The minimum absolute atomic E-state index is 0.222. The number of benzene rings is 1. The summed E-state index contributed by atoms with van der Waals surface area (Å²) in [4.78, 5) is 4.09. The van der Waals surface area contributed by atoms with Gasteiger partial charge >= 0.3 is 0 Å². The predicted molar refractivity (Wildman–Crippen MR) is 71.6 cm³/mol. The van der Waals surface area contributed by atoms with Gasteiger partial charge in [0.1, 0.15) is 29.2 Å². The van der Waals surface area contributed by atoms with Gasteiger partial charge in [0.2, 0.25) is 0 Å². The molecule has 0 saturated carbocycles. The molecule has 102 valence electrons. The summed E-state index contributed by atoms with van der Waals surface area (Å²) in [5, 5.41) is 0.525. The number of ether oxygens (including phenoxy) is 1. The molecule has 1 aromatic carbocycles. The average molecular weight is 284 g/mol. The molecule has 19 heavy (non-hydrogen) atoms. The Labute approximate surface area is 116 Å². The lowest BCUT2D eigenvalue weighted by Crippen LogP contribution is -2.08. The zero-order valence-electron chi connectivity index (χ0n) is 10.7. The maximum atomic E-state index is 13.7. The number of rotatable bonds is 4. The maximum absolute atomic E-state index is 13.7. The first-order chi connectivity index (χ1) is 8.99. The van der Waals surface area contributed by atoms with Crippen LogP contribution in [0.25, 0.3) is 0 Å². The Balaban J connectivity index is 2.08. The largest absolute Gasteiger partial charge is 0.486 e. The van der Waals surface area contributed by atoms with E-state index >= 15 is 0 Å². The Kier molecular flexibility index (Phi) is 4.07. The first-order valence-corrected chi connectivity index (χ1v) is 6.20. The van der Waals surface area contributed by atoms with Crippen LogP contribution in [0, 0.1) is 5.82 Å². The molecule has 0 spiro atoms. The van der Waals surface area contributed by atoms with Crippen molar-refractivity contribution in [2.45, 2.75) is 19.6 Å². The van der Waals surface area contributed by atoms with Crippen LogP contribution in [-0.4, -0.2) is 9.55 Å². The fourth-order valence-corrected chi connectivity index (χ4v) is 1.82. The van der Waals surface area contributed by atoms with E-state index in [0.717, 1.165) is 0 Å². The van der Waals surface area contributed by atoms with Crippen molar-refractivity contribution in [3.63, 3.8) is 0 Å². The van der Waals surface area contributed by atoms with E-state index in [4.69, 9.17) is 22.1 Å². The van der Waals surface area contributed by atoms with Crippen molar-refractivity contribution in [1.82, 2.24) is 9.55 Å². The summed E-state index contributed by atoms with van der Waals surface area (Å²) in [7, 11) is 1.79. The van der Waals surface area contributed by atoms with Crippen LogP contribution in [0.4, 0.5) is 4.39 Å². The van der Waals surface area contributed by atoms with Crippen LogP contribution in [0.5, 0.6) is 5.75 Å². The van der Waals surface area contributed by atoms with Crippen LogP contribution >= 0.6 is 11.6 Å². The van der Waals surface area contributed by atoms with Crippen LogP contribution in [0.1, 0.15) is 24.4 Å². The molecule has 2 rings (SSSR count). The van der Waals surface area contributed by atoms with Gasteiger partial charge in [-0.05, 0) is 13.0 Å². The molecular weight excluding hydrogens is 269 g/mol. The molecule has 4 nitrogen and oxygen atoms in total. The van der Waals surface area contributed by atoms with Crippen molar-refractivity contribution in [3.8, 4) is 5.75 Å². The third-order valence-corrected chi connectivity index (χ3v) is 3.21. The molecule has 0 unspecified atom stereocenters. The number of imidazole rings is 1. The van der Waals surface area contributed by atoms with Crippen molar-refractivity contribution in [1.29, 1.82) is 0 Å². The van der Waals surface area contributed by atoms with Crippen LogP contribution in [0.15, 0.2) is 24.4 Å². The van der Waals surface area contributed by atoms with E-state index in [1.165, 1.54) is 6.07 Å². The Bertz CT molecular complexity index is 583. The maximum Gasteiger partial charge on any atom is 0.147 e. The van der Waals surface area contributed by atoms with Gasteiger partial charge in [0.05, 0.1) is 6.20 Å². The number of nitrogens with two attached hydrogens (primary N) is 1. The second kappa shape index (κ2) is 5.59. The summed E-state index contributed by atoms with van der Waals surface area (Å²) < 4.78 is 20.9. The highest BCUT2D eigenvalue weighted by Crippen LogP contribution is 2.21. The quantitative estimate of drug-likeness (QED) is 0.939. The number of hydrogen-bond donors (Lipinski definition) is 1. The van der Waals surface area contributed by atoms with Gasteiger partial charge in [-0.1, -0.05) is 17.7 Å². The summed E-state index contributed by atoms with van der Waals surface area (Å²) in [6.07, 6.45) is 1.54. The third kappa shape index (κ3) is 3.05. The van der Waals surface area contributed by atoms with Crippen molar-refractivity contribution < 1.29 is 9.13 Å². The van der Waals surface area contributed by atoms with E-state index in [1.807, 2.05) is 0 Å². The normalized spacial score (nSPS) is 12.5. The summed E-state index contributed by atoms with van der Waals surface area (Å²) in [6.45, 7) is 1.95. The molecule has 0 aliphatic carbocycles. The molecule has 0 radical (unpaired) electrons. The molecular formula is C13H15ClFN3O. The van der Waals surface area contributed by atoms with E-state index in [1.54, 1.807) is 36.9 Å². The van der Waals surface area contributed by atoms with Gasteiger partial charge in [-0.25, -0.2) is 9.37 Å². The molecule has 6 heteroatoms. The molecule has 0 bridgehead atoms. The van der Waals surface area contributed by atoms with Gasteiger partial charge in [-0.2, -0.15) is 0 Å². The molecule has 0 saturated heterocycles. The van der Waals surface area contributed by atoms with E-state index in [0.29, 0.717) is 22.3 Å². The zero-order chi connectivity index (χ0) is 14.0. The van der Waals surface area contributed by atoms with Crippen LogP contribution in [0.2, 0.25) is 5.15 Å². The standard InChI is InChI=1S/C13H15ClFN3O/c1-8(16)10-4-3-9(5-11(10)15)19-7-13-17-6-12(14)18(13)2/h3-6,8H,7,16H2,1-2H3/t8-/m1/s1. The van der Waals surface area contributed by atoms with Crippen molar-refractivity contribution >= 4 is 11.6 Å². The van der Waals surface area contributed by atoms with Crippen LogP contribution in [0.3, 0.4) is 0 Å². The van der Waals surface area contributed by atoms with E-state index in [2.05, 4.69) is 4.98 Å². The lowest BCUT2D eigenvalue weighted by atomic mass is 10.1. The van der Waals surface area contributed by atoms with Crippen molar-refractivity contribution in [2.24, 2.45) is 12.8 Å². The Morgan fingerprint density at radius 2 is 2.26 bits per heavy atom. The Hall–Kier alpha value is -1.59. The fraction of sp³-hybridized carbons (Fsp3) is 0.308. The predicted octanol–water partition coefficient (Wildman–Crippen LogP) is 2.81. The molecule has 0 fully saturated rings. The summed E-state index contributed by atoms with van der Waals surface area (Å²) in [5.41, 5.74) is 6.11. The highest BCUT2D eigenvalue weighted by molar-refractivity contribution is 6.29. The van der Waals surface area contributed by atoms with Crippen molar-refractivity contribution in [2.75, 3.05) is 0 Å². The molecule has 1 heterocycles. The molecule has 0 aliphatic rings. The second-order valence-corrected chi connectivity index (χ2v) is 4.70. The van der Waals surface area contributed by atoms with Gasteiger partial charge < -0.3 is 15.0 Å². The second-order valence-electron chi connectivity index (χ2n) is 4.32. The molecule has 2 aromatic rings. The number of aromatic nitrogens is 2. The van der Waals surface area contributed by atoms with Crippen LogP contribution < -0.4 is 10.5 Å². The van der Waals surface area contributed by atoms with Gasteiger partial charge in [0, 0.05) is 24.7 Å². The van der Waals surface area contributed by atoms with Crippen LogP contribution in [-0.2, 0) is 13.7 Å². The summed E-state index contributed by atoms with van der Waals surface area (Å²) in [5.74, 6) is 0.730. The summed E-state index contributed by atoms with van der Waals surface area (Å²) >= 11 is 5.86. The third-order valence-electron chi connectivity index (χ3n) is 2.86. The topological polar surface area (TPSA) is 53.1 Å². The smallest absolute Gasteiger partial charge is 0.147 e. The fourth-order valence-electron chi connectivity index (χ4n) is 1.67. The molecule has 0 amide bonds. The van der Waals surface area contributed by atoms with Gasteiger partial charge in [0.25, 0.3) is 0 Å². The van der Waals surface area contributed by atoms with E-state index in [9.17, 15) is 4.39 Å². The summed E-state index contributed by atoms with van der Waals surface area (Å²) in [6, 6.07) is 4.29. The molecule has 2 N–H and O–H groups in total. The van der Waals surface area contributed by atoms with E-state index in [-0.39, 0.29) is 18.5 Å². The monoisotopic (exact) mass is 283 g/mol. The highest BCUT2D eigenvalue weighted by atomic mass is 35.5. The lowest BCUT2D eigenvalue weighted by Gasteiger charge is -2.10. The SMILES string of the molecule is C[C@@H](N)c1ccc(OCc2ncc(Cl)n2C)cc1F. The number of hydrogen-bond acceptors (Lipinski definition) is 3. The van der Waals surface area contributed by atoms with Gasteiger partial charge in [-0.15, -0.1) is 0 Å². The Morgan fingerprint density at radius 3 is 2.79 bits per heavy atom. The number of halogens is 2. The lowest BCUT2D eigenvalue weighted by molar-refractivity contribution is 0.290. The zero-order valence-corrected chi connectivity index (χ0v) is 11.5. The van der Waals surface area contributed by atoms with Gasteiger partial charge in [-0.3, -0.25) is 0 Å². The molecule has 1 aromatic heterocycles. The molecule has 1 atom stereocenters.